The number of amides is 1. The summed E-state index contributed by atoms with van der Waals surface area (Å²) in [6.45, 7) is 6.85. The van der Waals surface area contributed by atoms with Crippen LogP contribution in [-0.4, -0.2) is 49.3 Å². The zero-order valence-electron chi connectivity index (χ0n) is 14.4. The molecule has 1 amide bonds. The van der Waals surface area contributed by atoms with E-state index in [4.69, 9.17) is 8.92 Å². The maximum atomic E-state index is 12.1. The maximum absolute atomic E-state index is 12.1. The van der Waals surface area contributed by atoms with Gasteiger partial charge in [0.15, 0.2) is 0 Å². The van der Waals surface area contributed by atoms with Crippen molar-refractivity contribution in [3.05, 3.63) is 16.1 Å². The molecule has 136 valence electrons. The SMILES string of the molecule is CC(C)(C)OC(=O)N1CCC(c2ncc(COS(C)(=O)=O)s2)CC1. The molecule has 1 saturated heterocycles. The van der Waals surface area contributed by atoms with Crippen molar-refractivity contribution in [2.24, 2.45) is 0 Å². The van der Waals surface area contributed by atoms with Gasteiger partial charge < -0.3 is 9.64 Å². The van der Waals surface area contributed by atoms with Crippen LogP contribution >= 0.6 is 11.3 Å². The van der Waals surface area contributed by atoms with Gasteiger partial charge in [-0.05, 0) is 33.6 Å². The minimum absolute atomic E-state index is 0.0211. The summed E-state index contributed by atoms with van der Waals surface area (Å²) in [5.74, 6) is 0.278. The fourth-order valence-electron chi connectivity index (χ4n) is 2.38. The lowest BCUT2D eigenvalue weighted by Gasteiger charge is -2.32. The number of aromatic nitrogens is 1. The number of carbonyl (C=O) groups excluding carboxylic acids is 1. The van der Waals surface area contributed by atoms with Gasteiger partial charge in [0.1, 0.15) is 12.2 Å². The minimum Gasteiger partial charge on any atom is -0.444 e. The molecular formula is C15H24N2O5S2. The number of hydrogen-bond donors (Lipinski definition) is 0. The van der Waals surface area contributed by atoms with E-state index >= 15 is 0 Å². The van der Waals surface area contributed by atoms with Crippen LogP contribution in [0.15, 0.2) is 6.20 Å². The van der Waals surface area contributed by atoms with Crippen molar-refractivity contribution in [2.45, 2.75) is 51.7 Å². The Bertz CT molecular complexity index is 670. The Kier molecular flexibility index (Phi) is 5.87. The summed E-state index contributed by atoms with van der Waals surface area (Å²) < 4.78 is 32.2. The Morgan fingerprint density at radius 3 is 2.54 bits per heavy atom. The lowest BCUT2D eigenvalue weighted by Crippen LogP contribution is -2.41. The average molecular weight is 377 g/mol. The summed E-state index contributed by atoms with van der Waals surface area (Å²) in [7, 11) is -3.45. The number of carbonyl (C=O) groups is 1. The van der Waals surface area contributed by atoms with Gasteiger partial charge in [-0.1, -0.05) is 0 Å². The number of likely N-dealkylation sites (tertiary alicyclic amines) is 1. The highest BCUT2D eigenvalue weighted by Gasteiger charge is 2.28. The molecule has 0 N–H and O–H groups in total. The van der Waals surface area contributed by atoms with Crippen molar-refractivity contribution in [1.29, 1.82) is 0 Å². The Morgan fingerprint density at radius 2 is 2.00 bits per heavy atom. The summed E-state index contributed by atoms with van der Waals surface area (Å²) in [5, 5.41) is 0.964. The largest absolute Gasteiger partial charge is 0.444 e. The molecule has 1 aromatic rings. The van der Waals surface area contributed by atoms with Crippen LogP contribution in [0.1, 0.15) is 49.4 Å². The third kappa shape index (κ3) is 6.03. The predicted molar refractivity (Wildman–Crippen MR) is 91.5 cm³/mol. The first-order chi connectivity index (χ1) is 11.0. The summed E-state index contributed by atoms with van der Waals surface area (Å²) in [6.07, 6.45) is 4.05. The fraction of sp³-hybridized carbons (Fsp3) is 0.733. The molecule has 0 saturated carbocycles. The van der Waals surface area contributed by atoms with Gasteiger partial charge in [-0.2, -0.15) is 8.42 Å². The third-order valence-corrected chi connectivity index (χ3v) is 5.16. The summed E-state index contributed by atoms with van der Waals surface area (Å²) >= 11 is 1.46. The van der Waals surface area contributed by atoms with Gasteiger partial charge in [0.25, 0.3) is 10.1 Å². The van der Waals surface area contributed by atoms with Gasteiger partial charge in [0, 0.05) is 25.2 Å². The highest BCUT2D eigenvalue weighted by molar-refractivity contribution is 7.85. The zero-order valence-corrected chi connectivity index (χ0v) is 16.1. The molecule has 1 aromatic heterocycles. The number of rotatable bonds is 4. The van der Waals surface area contributed by atoms with Crippen molar-refractivity contribution in [1.82, 2.24) is 9.88 Å². The number of thiazole rings is 1. The highest BCUT2D eigenvalue weighted by Crippen LogP contribution is 2.31. The Labute approximate surface area is 147 Å². The Balaban J connectivity index is 1.86. The molecule has 0 unspecified atom stereocenters. The summed E-state index contributed by atoms with van der Waals surface area (Å²) in [6, 6.07) is 0. The molecule has 1 aliphatic heterocycles. The Morgan fingerprint density at radius 1 is 1.38 bits per heavy atom. The van der Waals surface area contributed by atoms with Crippen LogP contribution in [-0.2, 0) is 25.6 Å². The molecule has 2 rings (SSSR count). The van der Waals surface area contributed by atoms with Gasteiger partial charge in [0.2, 0.25) is 0 Å². The van der Waals surface area contributed by atoms with Crippen molar-refractivity contribution in [2.75, 3.05) is 19.3 Å². The quantitative estimate of drug-likeness (QED) is 0.751. The first-order valence-electron chi connectivity index (χ1n) is 7.80. The molecule has 2 heterocycles. The molecule has 24 heavy (non-hydrogen) atoms. The first-order valence-corrected chi connectivity index (χ1v) is 10.4. The van der Waals surface area contributed by atoms with E-state index in [0.29, 0.717) is 13.1 Å². The van der Waals surface area contributed by atoms with Crippen molar-refractivity contribution < 1.29 is 22.1 Å². The Hall–Kier alpha value is -1.19. The van der Waals surface area contributed by atoms with Gasteiger partial charge in [0.05, 0.1) is 16.1 Å². The smallest absolute Gasteiger partial charge is 0.410 e. The zero-order chi connectivity index (χ0) is 18.0. The first kappa shape index (κ1) is 19.1. The van der Waals surface area contributed by atoms with Crippen LogP contribution in [0.5, 0.6) is 0 Å². The fourth-order valence-corrected chi connectivity index (χ4v) is 3.79. The van der Waals surface area contributed by atoms with E-state index in [9.17, 15) is 13.2 Å². The monoisotopic (exact) mass is 376 g/mol. The number of nitrogens with zero attached hydrogens (tertiary/aromatic N) is 2. The van der Waals surface area contributed by atoms with E-state index in [1.54, 1.807) is 11.1 Å². The normalized spacial score (nSPS) is 17.1. The van der Waals surface area contributed by atoms with E-state index in [2.05, 4.69) is 4.98 Å². The standard InChI is InChI=1S/C15H24N2O5S2/c1-15(2,3)22-14(18)17-7-5-11(6-8-17)13-16-9-12(23-13)10-21-24(4,19)20/h9,11H,5-8,10H2,1-4H3. The van der Waals surface area contributed by atoms with E-state index in [0.717, 1.165) is 29.0 Å². The average Bonchev–Trinajstić information content (AvgIpc) is 2.92. The second-order valence-corrected chi connectivity index (χ2v) is 9.66. The van der Waals surface area contributed by atoms with E-state index < -0.39 is 15.7 Å². The molecule has 0 atom stereocenters. The van der Waals surface area contributed by atoms with Crippen LogP contribution in [0.2, 0.25) is 0 Å². The molecule has 7 nitrogen and oxygen atoms in total. The van der Waals surface area contributed by atoms with Gasteiger partial charge in [-0.3, -0.25) is 4.18 Å². The summed E-state index contributed by atoms with van der Waals surface area (Å²) in [5.41, 5.74) is -0.488. The van der Waals surface area contributed by atoms with E-state index in [1.165, 1.54) is 11.3 Å². The topological polar surface area (TPSA) is 85.8 Å². The third-order valence-electron chi connectivity index (χ3n) is 3.48. The number of hydrogen-bond acceptors (Lipinski definition) is 7. The molecule has 0 aromatic carbocycles. The van der Waals surface area contributed by atoms with Gasteiger partial charge in [-0.25, -0.2) is 9.78 Å². The molecular weight excluding hydrogens is 352 g/mol. The second-order valence-electron chi connectivity index (χ2n) is 6.87. The molecule has 0 spiro atoms. The van der Waals surface area contributed by atoms with Crippen molar-refractivity contribution in [3.63, 3.8) is 0 Å². The second kappa shape index (κ2) is 7.37. The minimum atomic E-state index is -3.45. The molecule has 9 heteroatoms. The van der Waals surface area contributed by atoms with Gasteiger partial charge in [-0.15, -0.1) is 11.3 Å². The van der Waals surface area contributed by atoms with E-state index in [1.807, 2.05) is 20.8 Å². The predicted octanol–water partition coefficient (Wildman–Crippen LogP) is 2.73. The molecule has 1 aliphatic rings. The lowest BCUT2D eigenvalue weighted by molar-refractivity contribution is 0.0205. The van der Waals surface area contributed by atoms with Crippen LogP contribution in [0.3, 0.4) is 0 Å². The van der Waals surface area contributed by atoms with Crippen LogP contribution in [0.25, 0.3) is 0 Å². The number of ether oxygens (including phenoxy) is 1. The van der Waals surface area contributed by atoms with Crippen LogP contribution in [0, 0.1) is 0 Å². The summed E-state index contributed by atoms with van der Waals surface area (Å²) in [4.78, 5) is 18.9. The van der Waals surface area contributed by atoms with Crippen molar-refractivity contribution in [3.8, 4) is 0 Å². The maximum Gasteiger partial charge on any atom is 0.410 e. The molecule has 1 fully saturated rings. The lowest BCUT2D eigenvalue weighted by atomic mass is 9.98. The van der Waals surface area contributed by atoms with Gasteiger partial charge >= 0.3 is 6.09 Å². The van der Waals surface area contributed by atoms with Crippen LogP contribution in [0.4, 0.5) is 4.79 Å². The number of piperidine rings is 1. The van der Waals surface area contributed by atoms with Crippen LogP contribution < -0.4 is 0 Å². The molecule has 0 bridgehead atoms. The molecule has 0 radical (unpaired) electrons. The van der Waals surface area contributed by atoms with Crippen molar-refractivity contribution >= 4 is 27.5 Å². The molecule has 0 aliphatic carbocycles. The van der Waals surface area contributed by atoms with E-state index in [-0.39, 0.29) is 18.6 Å². The highest BCUT2D eigenvalue weighted by atomic mass is 32.2.